The normalized spacial score (nSPS) is 16.4. The Morgan fingerprint density at radius 2 is 2.05 bits per heavy atom. The molecule has 1 aliphatic rings. The van der Waals surface area contributed by atoms with Crippen LogP contribution in [0.5, 0.6) is 0 Å². The molecule has 1 fully saturated rings. The van der Waals surface area contributed by atoms with Crippen LogP contribution in [0.2, 0.25) is 0 Å². The number of halogens is 3. The standard InChI is InChI=1S/C25H24F3N7O3/c1-5-20(36)34-12-15(11-16(34)13-38-4)35-23(30-2)21(22(29)37)17(32-35)8-6-14-7-9-19-18(10-14)31-24(33(19)3)25(26,27)28/h5,7,9-10,13,15,30H,1,11-12H2,2-4H3,(H2,29,37)/b16-13+/t15-/m0/s1. The second kappa shape index (κ2) is 9.97. The Kier molecular flexibility index (Phi) is 6.91. The molecule has 1 aromatic carbocycles. The number of carbonyl (C=O) groups is 2. The number of aryl methyl sites for hydroxylation is 1. The Bertz CT molecular complexity index is 1540. The molecule has 2 aromatic heterocycles. The molecule has 3 heterocycles. The first-order chi connectivity index (χ1) is 18.0. The maximum atomic E-state index is 13.2. The fourth-order valence-electron chi connectivity index (χ4n) is 4.42. The predicted octanol–water partition coefficient (Wildman–Crippen LogP) is 2.78. The molecule has 13 heteroatoms. The number of hydrogen-bond donors (Lipinski definition) is 2. The topological polar surface area (TPSA) is 120 Å². The molecule has 1 aliphatic heterocycles. The van der Waals surface area contributed by atoms with E-state index < -0.39 is 17.9 Å². The number of anilines is 1. The molecular formula is C25H24F3N7O3. The molecule has 4 rings (SSSR count). The zero-order chi connectivity index (χ0) is 27.8. The van der Waals surface area contributed by atoms with Crippen LogP contribution in [0.4, 0.5) is 19.0 Å². The van der Waals surface area contributed by atoms with Gasteiger partial charge in [0.1, 0.15) is 17.6 Å². The zero-order valence-corrected chi connectivity index (χ0v) is 20.8. The van der Waals surface area contributed by atoms with Gasteiger partial charge in [-0.3, -0.25) is 9.59 Å². The van der Waals surface area contributed by atoms with Gasteiger partial charge in [0.2, 0.25) is 11.7 Å². The summed E-state index contributed by atoms with van der Waals surface area (Å²) in [7, 11) is 4.35. The number of ether oxygens (including phenoxy) is 1. The Morgan fingerprint density at radius 1 is 1.32 bits per heavy atom. The molecule has 10 nitrogen and oxygen atoms in total. The van der Waals surface area contributed by atoms with Crippen LogP contribution in [0.25, 0.3) is 11.0 Å². The fourth-order valence-corrected chi connectivity index (χ4v) is 4.42. The van der Waals surface area contributed by atoms with Gasteiger partial charge in [0.15, 0.2) is 5.69 Å². The fraction of sp³-hybridized carbons (Fsp3) is 0.280. The van der Waals surface area contributed by atoms with Crippen molar-refractivity contribution in [2.24, 2.45) is 12.8 Å². The Balaban J connectivity index is 1.75. The number of carbonyl (C=O) groups excluding carboxylic acids is 2. The molecule has 38 heavy (non-hydrogen) atoms. The lowest BCUT2D eigenvalue weighted by molar-refractivity contribution is -0.146. The van der Waals surface area contributed by atoms with Crippen molar-refractivity contribution in [2.45, 2.75) is 18.6 Å². The predicted molar refractivity (Wildman–Crippen MR) is 133 cm³/mol. The average Bonchev–Trinajstić information content (AvgIpc) is 3.55. The van der Waals surface area contributed by atoms with E-state index in [9.17, 15) is 22.8 Å². The van der Waals surface area contributed by atoms with Gasteiger partial charge in [0.05, 0.1) is 29.9 Å². The minimum Gasteiger partial charge on any atom is -0.503 e. The van der Waals surface area contributed by atoms with Crippen LogP contribution in [0, 0.1) is 11.8 Å². The molecule has 0 spiro atoms. The maximum absolute atomic E-state index is 13.2. The number of benzene rings is 1. The van der Waals surface area contributed by atoms with E-state index in [4.69, 9.17) is 10.5 Å². The molecule has 3 N–H and O–H groups in total. The van der Waals surface area contributed by atoms with E-state index in [1.54, 1.807) is 17.8 Å². The van der Waals surface area contributed by atoms with Crippen molar-refractivity contribution in [2.75, 3.05) is 26.0 Å². The van der Waals surface area contributed by atoms with Crippen molar-refractivity contribution in [1.82, 2.24) is 24.2 Å². The molecule has 2 amide bonds. The summed E-state index contributed by atoms with van der Waals surface area (Å²) in [5.41, 5.74) is 7.16. The summed E-state index contributed by atoms with van der Waals surface area (Å²) in [5, 5.41) is 7.44. The third-order valence-electron chi connectivity index (χ3n) is 6.08. The number of fused-ring (bicyclic) bond motifs is 1. The molecule has 0 unspecified atom stereocenters. The third-order valence-corrected chi connectivity index (χ3v) is 6.08. The molecule has 3 aromatic rings. The number of nitrogens with one attached hydrogen (secondary N) is 1. The summed E-state index contributed by atoms with van der Waals surface area (Å²) < 4.78 is 47.3. The van der Waals surface area contributed by atoms with Crippen molar-refractivity contribution in [1.29, 1.82) is 0 Å². The van der Waals surface area contributed by atoms with E-state index in [1.807, 2.05) is 0 Å². The third kappa shape index (κ3) is 4.68. The quantitative estimate of drug-likeness (QED) is 0.299. The molecule has 0 bridgehead atoms. The number of aromatic nitrogens is 4. The number of allylic oxidation sites excluding steroid dienone is 1. The van der Waals surface area contributed by atoms with Crippen molar-refractivity contribution in [3.63, 3.8) is 0 Å². The highest BCUT2D eigenvalue weighted by atomic mass is 19.4. The van der Waals surface area contributed by atoms with E-state index in [2.05, 4.69) is 33.8 Å². The lowest BCUT2D eigenvalue weighted by Crippen LogP contribution is -2.27. The number of amides is 2. The number of likely N-dealkylation sites (tertiary alicyclic amines) is 1. The molecule has 0 radical (unpaired) electrons. The van der Waals surface area contributed by atoms with Crippen LogP contribution in [-0.2, 0) is 22.8 Å². The van der Waals surface area contributed by atoms with Crippen molar-refractivity contribution in [3.8, 4) is 11.8 Å². The average molecular weight is 528 g/mol. The summed E-state index contributed by atoms with van der Waals surface area (Å²) in [6.45, 7) is 3.76. The van der Waals surface area contributed by atoms with Crippen molar-refractivity contribution < 1.29 is 27.5 Å². The SMILES string of the molecule is C=CC(=O)N1C[C@@H](n2nc(C#Cc3ccc4c(c3)nc(C(F)(F)F)n4C)c(C(N)=O)c2NC)C/C1=C\OC. The summed E-state index contributed by atoms with van der Waals surface area (Å²) in [6, 6.07) is 4.09. The number of hydrogen-bond acceptors (Lipinski definition) is 6. The van der Waals surface area contributed by atoms with E-state index in [1.165, 1.54) is 43.5 Å². The number of nitrogens with two attached hydrogens (primary N) is 1. The van der Waals surface area contributed by atoms with Gasteiger partial charge >= 0.3 is 6.18 Å². The smallest absolute Gasteiger partial charge is 0.449 e. The first-order valence-electron chi connectivity index (χ1n) is 11.3. The maximum Gasteiger partial charge on any atom is 0.449 e. The van der Waals surface area contributed by atoms with Crippen molar-refractivity contribution in [3.05, 3.63) is 65.5 Å². The van der Waals surface area contributed by atoms with Crippen LogP contribution >= 0.6 is 0 Å². The number of alkyl halides is 3. The molecule has 0 aliphatic carbocycles. The van der Waals surface area contributed by atoms with Gasteiger partial charge in [-0.1, -0.05) is 12.5 Å². The second-order valence-electron chi connectivity index (χ2n) is 8.43. The van der Waals surface area contributed by atoms with E-state index >= 15 is 0 Å². The van der Waals surface area contributed by atoms with Gasteiger partial charge in [0.25, 0.3) is 5.91 Å². The van der Waals surface area contributed by atoms with Gasteiger partial charge in [-0.05, 0) is 30.2 Å². The first-order valence-corrected chi connectivity index (χ1v) is 11.3. The van der Waals surface area contributed by atoms with Crippen LogP contribution in [0.3, 0.4) is 0 Å². The van der Waals surface area contributed by atoms with E-state index in [0.717, 1.165) is 4.57 Å². The highest BCUT2D eigenvalue weighted by Crippen LogP contribution is 2.34. The first kappa shape index (κ1) is 26.3. The van der Waals surface area contributed by atoms with Gasteiger partial charge < -0.3 is 25.3 Å². The van der Waals surface area contributed by atoms with Crippen molar-refractivity contribution >= 4 is 28.7 Å². The molecule has 0 saturated carbocycles. The number of primary amides is 1. The van der Waals surface area contributed by atoms with Gasteiger partial charge in [-0.15, -0.1) is 0 Å². The lowest BCUT2D eigenvalue weighted by Gasteiger charge is -2.16. The number of nitrogens with zero attached hydrogens (tertiary/aromatic N) is 5. The van der Waals surface area contributed by atoms with Crippen LogP contribution in [0.15, 0.2) is 42.8 Å². The van der Waals surface area contributed by atoms with Crippen LogP contribution in [-0.4, -0.2) is 56.7 Å². The van der Waals surface area contributed by atoms with Gasteiger partial charge in [0, 0.05) is 32.6 Å². The van der Waals surface area contributed by atoms with Gasteiger partial charge in [-0.25, -0.2) is 9.67 Å². The molecule has 1 atom stereocenters. The highest BCUT2D eigenvalue weighted by molar-refractivity contribution is 6.00. The largest absolute Gasteiger partial charge is 0.503 e. The summed E-state index contributed by atoms with van der Waals surface area (Å²) in [6.07, 6.45) is -1.59. The Morgan fingerprint density at radius 3 is 2.66 bits per heavy atom. The Hall–Kier alpha value is -4.73. The monoisotopic (exact) mass is 527 g/mol. The zero-order valence-electron chi connectivity index (χ0n) is 20.8. The minimum absolute atomic E-state index is 0.0454. The molecular weight excluding hydrogens is 503 g/mol. The minimum atomic E-state index is -4.60. The van der Waals surface area contributed by atoms with E-state index in [-0.39, 0.29) is 35.3 Å². The number of rotatable bonds is 5. The summed E-state index contributed by atoms with van der Waals surface area (Å²) >= 11 is 0. The van der Waals surface area contributed by atoms with Crippen LogP contribution < -0.4 is 11.1 Å². The number of methoxy groups -OCH3 is 1. The van der Waals surface area contributed by atoms with Crippen LogP contribution in [0.1, 0.15) is 39.9 Å². The second-order valence-corrected chi connectivity index (χ2v) is 8.43. The highest BCUT2D eigenvalue weighted by Gasteiger charge is 2.37. The lowest BCUT2D eigenvalue weighted by atomic mass is 10.1. The Labute approximate surface area is 215 Å². The summed E-state index contributed by atoms with van der Waals surface area (Å²) in [5.74, 6) is 3.85. The van der Waals surface area contributed by atoms with Gasteiger partial charge in [-0.2, -0.15) is 18.3 Å². The molecule has 1 saturated heterocycles. The summed E-state index contributed by atoms with van der Waals surface area (Å²) in [4.78, 5) is 29.9. The number of imidazole rings is 1. The van der Waals surface area contributed by atoms with E-state index in [0.29, 0.717) is 29.0 Å². The molecule has 198 valence electrons.